The normalized spacial score (nSPS) is 11.0. The number of nitrogens with one attached hydrogen (secondary N) is 1. The Morgan fingerprint density at radius 2 is 1.93 bits per heavy atom. The van der Waals surface area contributed by atoms with Gasteiger partial charge in [-0.3, -0.25) is 14.2 Å². The van der Waals surface area contributed by atoms with Crippen LogP contribution < -0.4 is 10.9 Å². The summed E-state index contributed by atoms with van der Waals surface area (Å²) in [5, 5.41) is 7.95. The lowest BCUT2D eigenvalue weighted by molar-refractivity contribution is -0.116. The molecule has 2 aromatic carbocycles. The quantitative estimate of drug-likeness (QED) is 0.482. The maximum Gasteiger partial charge on any atom is 0.261 e. The lowest BCUT2D eigenvalue weighted by atomic mass is 10.2. The second kappa shape index (κ2) is 8.23. The summed E-state index contributed by atoms with van der Waals surface area (Å²) in [5.41, 5.74) is 3.81. The molecule has 152 valence electrons. The van der Waals surface area contributed by atoms with Crippen LogP contribution in [0.4, 0.5) is 5.69 Å². The fraction of sp³-hybridized carbons (Fsp3) is 0.182. The molecule has 0 aliphatic carbocycles. The molecule has 30 heavy (non-hydrogen) atoms. The first kappa shape index (κ1) is 20.0. The summed E-state index contributed by atoms with van der Waals surface area (Å²) in [4.78, 5) is 29.6. The zero-order chi connectivity index (χ0) is 21.3. The molecule has 2 heterocycles. The number of aryl methyl sites for hydroxylation is 3. The van der Waals surface area contributed by atoms with Crippen molar-refractivity contribution in [3.8, 4) is 5.69 Å². The van der Waals surface area contributed by atoms with Gasteiger partial charge in [-0.15, -0.1) is 0 Å². The number of anilines is 1. The van der Waals surface area contributed by atoms with Gasteiger partial charge in [0, 0.05) is 23.1 Å². The van der Waals surface area contributed by atoms with Crippen LogP contribution in [0.25, 0.3) is 16.6 Å². The van der Waals surface area contributed by atoms with Crippen molar-refractivity contribution in [3.05, 3.63) is 81.1 Å². The molecule has 0 bridgehead atoms. The van der Waals surface area contributed by atoms with Gasteiger partial charge in [-0.1, -0.05) is 28.1 Å². The summed E-state index contributed by atoms with van der Waals surface area (Å²) in [7, 11) is 0. The van der Waals surface area contributed by atoms with Gasteiger partial charge in [-0.05, 0) is 50.2 Å². The number of benzene rings is 2. The second-order valence-corrected chi connectivity index (χ2v) is 7.97. The molecule has 8 heteroatoms. The molecule has 1 N–H and O–H groups in total. The number of nitrogens with zero attached hydrogens (tertiary/aromatic N) is 4. The number of halogens is 1. The first-order valence-corrected chi connectivity index (χ1v) is 10.3. The maximum atomic E-state index is 12.7. The number of carbonyl (C=O) groups is 1. The molecule has 0 spiro atoms. The van der Waals surface area contributed by atoms with E-state index in [2.05, 4.69) is 31.3 Å². The molecule has 0 fully saturated rings. The topological polar surface area (TPSA) is 81.8 Å². The molecule has 7 nitrogen and oxygen atoms in total. The average Bonchev–Trinajstić information content (AvgIpc) is 3.06. The van der Waals surface area contributed by atoms with Crippen LogP contribution in [0, 0.1) is 13.8 Å². The first-order valence-electron chi connectivity index (χ1n) is 9.49. The smallest absolute Gasteiger partial charge is 0.261 e. The van der Waals surface area contributed by atoms with E-state index in [4.69, 9.17) is 0 Å². The Hall–Kier alpha value is -3.26. The van der Waals surface area contributed by atoms with Gasteiger partial charge in [0.2, 0.25) is 5.91 Å². The van der Waals surface area contributed by atoms with E-state index in [0.29, 0.717) is 16.6 Å². The van der Waals surface area contributed by atoms with Gasteiger partial charge in [-0.2, -0.15) is 5.10 Å². The molecule has 0 aliphatic rings. The third-order valence-corrected chi connectivity index (χ3v) is 5.28. The minimum Gasteiger partial charge on any atom is -0.324 e. The Morgan fingerprint density at radius 3 is 2.70 bits per heavy atom. The number of rotatable bonds is 5. The first-order chi connectivity index (χ1) is 14.4. The van der Waals surface area contributed by atoms with E-state index in [1.54, 1.807) is 16.8 Å². The summed E-state index contributed by atoms with van der Waals surface area (Å²) in [6.45, 7) is 4.14. The molecule has 0 atom stereocenters. The molecule has 0 saturated heterocycles. The van der Waals surface area contributed by atoms with Crippen LogP contribution in [0.3, 0.4) is 0 Å². The summed E-state index contributed by atoms with van der Waals surface area (Å²) < 4.78 is 4.08. The zero-order valence-electron chi connectivity index (χ0n) is 16.6. The van der Waals surface area contributed by atoms with E-state index in [9.17, 15) is 9.59 Å². The van der Waals surface area contributed by atoms with Crippen molar-refractivity contribution in [2.75, 3.05) is 5.32 Å². The largest absolute Gasteiger partial charge is 0.324 e. The number of aromatic nitrogens is 4. The van der Waals surface area contributed by atoms with Crippen LogP contribution in [-0.2, 0) is 11.3 Å². The lowest BCUT2D eigenvalue weighted by Crippen LogP contribution is -2.24. The van der Waals surface area contributed by atoms with Gasteiger partial charge in [0.15, 0.2) is 0 Å². The van der Waals surface area contributed by atoms with Crippen molar-refractivity contribution in [3.63, 3.8) is 0 Å². The summed E-state index contributed by atoms with van der Waals surface area (Å²) >= 11 is 3.38. The molecule has 2 aromatic heterocycles. The van der Waals surface area contributed by atoms with Crippen LogP contribution in [0.1, 0.15) is 17.8 Å². The van der Waals surface area contributed by atoms with Crippen molar-refractivity contribution >= 4 is 38.4 Å². The maximum absolute atomic E-state index is 12.7. The second-order valence-electron chi connectivity index (χ2n) is 7.06. The minimum atomic E-state index is -0.190. The van der Waals surface area contributed by atoms with Gasteiger partial charge in [0.05, 0.1) is 34.3 Å². The molecule has 4 rings (SSSR count). The molecule has 1 amide bonds. The highest BCUT2D eigenvalue weighted by molar-refractivity contribution is 9.10. The average molecular weight is 466 g/mol. The fourth-order valence-electron chi connectivity index (χ4n) is 3.36. The summed E-state index contributed by atoms with van der Waals surface area (Å²) in [6.07, 6.45) is 1.63. The standard InChI is InChI=1S/C22H20BrN5O2/c1-14-11-15(2)28(26-14)20-6-4-3-5-19(20)25-21(29)9-10-27-13-24-18-8-7-16(23)12-17(18)22(27)30/h3-8,11-13H,9-10H2,1-2H3,(H,25,29). The van der Waals surface area contributed by atoms with Crippen LogP contribution in [0.2, 0.25) is 0 Å². The van der Waals surface area contributed by atoms with Crippen molar-refractivity contribution in [1.82, 2.24) is 19.3 Å². The number of hydrogen-bond donors (Lipinski definition) is 1. The third kappa shape index (κ3) is 4.04. The molecule has 0 aliphatic heterocycles. The SMILES string of the molecule is Cc1cc(C)n(-c2ccccc2NC(=O)CCn2cnc3ccc(Br)cc3c2=O)n1. The highest BCUT2D eigenvalue weighted by Gasteiger charge is 2.12. The van der Waals surface area contributed by atoms with E-state index in [1.165, 1.54) is 10.9 Å². The van der Waals surface area contributed by atoms with Crippen molar-refractivity contribution in [2.24, 2.45) is 0 Å². The van der Waals surface area contributed by atoms with E-state index in [1.807, 2.05) is 50.2 Å². The number of fused-ring (bicyclic) bond motifs is 1. The predicted octanol–water partition coefficient (Wildman–Crippen LogP) is 3.99. The predicted molar refractivity (Wildman–Crippen MR) is 120 cm³/mol. The van der Waals surface area contributed by atoms with E-state index < -0.39 is 0 Å². The Kier molecular flexibility index (Phi) is 5.50. The Balaban J connectivity index is 1.52. The van der Waals surface area contributed by atoms with Gasteiger partial charge < -0.3 is 5.32 Å². The van der Waals surface area contributed by atoms with Gasteiger partial charge >= 0.3 is 0 Å². The zero-order valence-corrected chi connectivity index (χ0v) is 18.2. The van der Waals surface area contributed by atoms with Crippen molar-refractivity contribution in [2.45, 2.75) is 26.8 Å². The molecular weight excluding hydrogens is 446 g/mol. The van der Waals surface area contributed by atoms with Crippen molar-refractivity contribution < 1.29 is 4.79 Å². The Bertz CT molecular complexity index is 1310. The molecule has 0 saturated carbocycles. The number of amides is 1. The number of carbonyl (C=O) groups excluding carboxylic acids is 1. The van der Waals surface area contributed by atoms with Gasteiger partial charge in [0.1, 0.15) is 0 Å². The molecular formula is C22H20BrN5O2. The lowest BCUT2D eigenvalue weighted by Gasteiger charge is -2.13. The highest BCUT2D eigenvalue weighted by Crippen LogP contribution is 2.22. The van der Waals surface area contributed by atoms with Crippen molar-refractivity contribution in [1.29, 1.82) is 0 Å². The van der Waals surface area contributed by atoms with Gasteiger partial charge in [-0.25, -0.2) is 9.67 Å². The highest BCUT2D eigenvalue weighted by atomic mass is 79.9. The van der Waals surface area contributed by atoms with Crippen LogP contribution in [0.15, 0.2) is 64.1 Å². The monoisotopic (exact) mass is 465 g/mol. The van der Waals surface area contributed by atoms with E-state index in [0.717, 1.165) is 21.5 Å². The van der Waals surface area contributed by atoms with Gasteiger partial charge in [0.25, 0.3) is 5.56 Å². The van der Waals surface area contributed by atoms with E-state index in [-0.39, 0.29) is 24.4 Å². The number of para-hydroxylation sites is 2. The number of hydrogen-bond acceptors (Lipinski definition) is 4. The fourth-order valence-corrected chi connectivity index (χ4v) is 3.72. The summed E-state index contributed by atoms with van der Waals surface area (Å²) in [6, 6.07) is 14.9. The summed E-state index contributed by atoms with van der Waals surface area (Å²) in [5.74, 6) is -0.190. The Morgan fingerprint density at radius 1 is 1.13 bits per heavy atom. The molecule has 0 unspecified atom stereocenters. The van der Waals surface area contributed by atoms with Crippen LogP contribution in [0.5, 0.6) is 0 Å². The van der Waals surface area contributed by atoms with Crippen LogP contribution in [-0.4, -0.2) is 25.2 Å². The Labute approximate surface area is 181 Å². The molecule has 0 radical (unpaired) electrons. The van der Waals surface area contributed by atoms with E-state index >= 15 is 0 Å². The molecule has 4 aromatic rings. The minimum absolute atomic E-state index is 0.145. The third-order valence-electron chi connectivity index (χ3n) is 4.78. The van der Waals surface area contributed by atoms with Crippen LogP contribution >= 0.6 is 15.9 Å².